The predicted molar refractivity (Wildman–Crippen MR) is 77.9 cm³/mol. The summed E-state index contributed by atoms with van der Waals surface area (Å²) >= 11 is 1.58. The normalized spacial score (nSPS) is 25.0. The van der Waals surface area contributed by atoms with Crippen LogP contribution in [0.4, 0.5) is 4.79 Å². The second-order valence-corrected chi connectivity index (χ2v) is 6.49. The molecular weight excluding hydrogens is 292 g/mol. The molecule has 3 N–H and O–H groups in total. The molecule has 8 heteroatoms. The average molecular weight is 310 g/mol. The van der Waals surface area contributed by atoms with Gasteiger partial charge in [0.1, 0.15) is 11.9 Å². The van der Waals surface area contributed by atoms with Crippen molar-refractivity contribution in [3.63, 3.8) is 0 Å². The molecule has 2 aliphatic rings. The van der Waals surface area contributed by atoms with Gasteiger partial charge >= 0.3 is 12.0 Å². The van der Waals surface area contributed by atoms with Crippen LogP contribution in [0.5, 0.6) is 0 Å². The van der Waals surface area contributed by atoms with E-state index in [1.54, 1.807) is 24.2 Å². The summed E-state index contributed by atoms with van der Waals surface area (Å²) in [7, 11) is 0. The molecule has 1 aromatic heterocycles. The van der Waals surface area contributed by atoms with Crippen molar-refractivity contribution in [3.8, 4) is 0 Å². The molecule has 2 atom stereocenters. The quantitative estimate of drug-likeness (QED) is 0.750. The van der Waals surface area contributed by atoms with Gasteiger partial charge in [0.25, 0.3) is 0 Å². The van der Waals surface area contributed by atoms with Crippen molar-refractivity contribution in [3.05, 3.63) is 18.2 Å². The van der Waals surface area contributed by atoms with Gasteiger partial charge in [0.05, 0.1) is 5.37 Å². The molecule has 0 spiro atoms. The topological polar surface area (TPSA) is 98.3 Å². The average Bonchev–Trinajstić information content (AvgIpc) is 3.00. The maximum absolute atomic E-state index is 12.3. The van der Waals surface area contributed by atoms with Gasteiger partial charge in [0.15, 0.2) is 0 Å². The second kappa shape index (κ2) is 5.97. The number of hydrogen-bond acceptors (Lipinski definition) is 4. The SMILES string of the molecule is O=C(O)C1CSC(C2CC2)N1C(=O)NCCc1ncc[nH]1. The number of urea groups is 1. The number of H-pyrrole nitrogens is 1. The molecule has 0 bridgehead atoms. The van der Waals surface area contributed by atoms with Crippen LogP contribution in [0.3, 0.4) is 0 Å². The predicted octanol–water partition coefficient (Wildman–Crippen LogP) is 0.900. The fourth-order valence-electron chi connectivity index (χ4n) is 2.53. The van der Waals surface area contributed by atoms with Crippen LogP contribution in [-0.2, 0) is 11.2 Å². The Kier molecular flexibility index (Phi) is 4.05. The van der Waals surface area contributed by atoms with E-state index in [0.29, 0.717) is 24.6 Å². The number of hydrogen-bond donors (Lipinski definition) is 3. The molecule has 2 fully saturated rings. The molecular formula is C13H18N4O3S. The summed E-state index contributed by atoms with van der Waals surface area (Å²) in [4.78, 5) is 32.2. The maximum Gasteiger partial charge on any atom is 0.327 e. The first-order valence-electron chi connectivity index (χ1n) is 7.05. The Morgan fingerprint density at radius 1 is 1.52 bits per heavy atom. The molecule has 1 saturated carbocycles. The number of aliphatic carboxylic acids is 1. The van der Waals surface area contributed by atoms with Crippen molar-refractivity contribution in [2.24, 2.45) is 5.92 Å². The number of nitrogens with one attached hydrogen (secondary N) is 2. The first kappa shape index (κ1) is 14.2. The van der Waals surface area contributed by atoms with Gasteiger partial charge in [-0.3, -0.25) is 4.90 Å². The molecule has 2 amide bonds. The van der Waals surface area contributed by atoms with E-state index in [0.717, 1.165) is 18.7 Å². The lowest BCUT2D eigenvalue weighted by Crippen LogP contribution is -2.51. The van der Waals surface area contributed by atoms with Gasteiger partial charge in [-0.2, -0.15) is 0 Å². The lowest BCUT2D eigenvalue weighted by Gasteiger charge is -2.27. The summed E-state index contributed by atoms with van der Waals surface area (Å²) in [5.74, 6) is 0.809. The molecule has 7 nitrogen and oxygen atoms in total. The van der Waals surface area contributed by atoms with E-state index in [1.807, 2.05) is 0 Å². The lowest BCUT2D eigenvalue weighted by atomic mass is 10.2. The molecule has 1 aromatic rings. The van der Waals surface area contributed by atoms with Gasteiger partial charge < -0.3 is 15.4 Å². The third-order valence-electron chi connectivity index (χ3n) is 3.77. The molecule has 2 unspecified atom stereocenters. The minimum absolute atomic E-state index is 0.00899. The van der Waals surface area contributed by atoms with Crippen molar-refractivity contribution in [2.75, 3.05) is 12.3 Å². The number of carboxylic acid groups (broad SMARTS) is 1. The minimum atomic E-state index is -0.924. The molecule has 1 aliphatic heterocycles. The zero-order chi connectivity index (χ0) is 14.8. The highest BCUT2D eigenvalue weighted by Crippen LogP contribution is 2.45. The maximum atomic E-state index is 12.3. The van der Waals surface area contributed by atoms with Gasteiger partial charge in [-0.1, -0.05) is 0 Å². The van der Waals surface area contributed by atoms with Crippen LogP contribution >= 0.6 is 11.8 Å². The summed E-state index contributed by atoms with van der Waals surface area (Å²) < 4.78 is 0. The highest BCUT2D eigenvalue weighted by molar-refractivity contribution is 8.00. The Labute approximate surface area is 126 Å². The largest absolute Gasteiger partial charge is 0.480 e. The van der Waals surface area contributed by atoms with Crippen molar-refractivity contribution in [1.82, 2.24) is 20.2 Å². The van der Waals surface area contributed by atoms with Crippen molar-refractivity contribution in [2.45, 2.75) is 30.7 Å². The number of rotatable bonds is 5. The Balaban J connectivity index is 1.58. The van der Waals surface area contributed by atoms with Gasteiger partial charge in [-0.25, -0.2) is 14.6 Å². The highest BCUT2D eigenvalue weighted by Gasteiger charge is 2.47. The van der Waals surface area contributed by atoms with Crippen LogP contribution in [0.25, 0.3) is 0 Å². The minimum Gasteiger partial charge on any atom is -0.480 e. The van der Waals surface area contributed by atoms with Crippen LogP contribution in [0, 0.1) is 5.92 Å². The monoisotopic (exact) mass is 310 g/mol. The molecule has 2 heterocycles. The smallest absolute Gasteiger partial charge is 0.327 e. The molecule has 3 rings (SSSR count). The van der Waals surface area contributed by atoms with Gasteiger partial charge in [0, 0.05) is 31.1 Å². The summed E-state index contributed by atoms with van der Waals surface area (Å²) in [6.45, 7) is 0.442. The Bertz CT molecular complexity index is 517. The first-order valence-corrected chi connectivity index (χ1v) is 8.10. The number of aromatic nitrogens is 2. The zero-order valence-electron chi connectivity index (χ0n) is 11.5. The fourth-order valence-corrected chi connectivity index (χ4v) is 4.16. The van der Waals surface area contributed by atoms with Crippen LogP contribution in [0.2, 0.25) is 0 Å². The summed E-state index contributed by atoms with van der Waals surface area (Å²) in [6.07, 6.45) is 6.17. The van der Waals surface area contributed by atoms with Crippen molar-refractivity contribution < 1.29 is 14.7 Å². The van der Waals surface area contributed by atoms with Crippen LogP contribution < -0.4 is 5.32 Å². The molecule has 0 aromatic carbocycles. The van der Waals surface area contributed by atoms with Crippen LogP contribution in [0.15, 0.2) is 12.4 Å². The number of carboxylic acids is 1. The number of amides is 2. The highest BCUT2D eigenvalue weighted by atomic mass is 32.2. The Morgan fingerprint density at radius 3 is 2.95 bits per heavy atom. The molecule has 21 heavy (non-hydrogen) atoms. The summed E-state index contributed by atoms with van der Waals surface area (Å²) in [6, 6.07) is -1.000. The molecule has 0 radical (unpaired) electrons. The van der Waals surface area contributed by atoms with E-state index in [2.05, 4.69) is 15.3 Å². The molecule has 1 saturated heterocycles. The van der Waals surface area contributed by atoms with Gasteiger partial charge in [-0.05, 0) is 18.8 Å². The third kappa shape index (κ3) is 3.15. The standard InChI is InChI=1S/C13H18N4O3S/c18-12(19)9-7-21-11(8-1-2-8)17(9)13(20)16-4-3-10-14-5-6-15-10/h5-6,8-9,11H,1-4,7H2,(H,14,15)(H,16,20)(H,18,19). The molecule has 1 aliphatic carbocycles. The number of imidazole rings is 1. The third-order valence-corrected chi connectivity index (χ3v) is 5.23. The number of thioether (sulfide) groups is 1. The first-order chi connectivity index (χ1) is 10.2. The number of nitrogens with zero attached hydrogens (tertiary/aromatic N) is 2. The van der Waals surface area contributed by atoms with Crippen LogP contribution in [0.1, 0.15) is 18.7 Å². The van der Waals surface area contributed by atoms with E-state index >= 15 is 0 Å². The Hall–Kier alpha value is -1.70. The summed E-state index contributed by atoms with van der Waals surface area (Å²) in [5.41, 5.74) is 0. The van der Waals surface area contributed by atoms with E-state index < -0.39 is 12.0 Å². The number of carbonyl (C=O) groups excluding carboxylic acids is 1. The molecule has 114 valence electrons. The van der Waals surface area contributed by atoms with E-state index in [1.165, 1.54) is 4.90 Å². The van der Waals surface area contributed by atoms with Crippen molar-refractivity contribution >= 4 is 23.8 Å². The fraction of sp³-hybridized carbons (Fsp3) is 0.615. The van der Waals surface area contributed by atoms with E-state index in [4.69, 9.17) is 0 Å². The van der Waals surface area contributed by atoms with Gasteiger partial charge in [0.2, 0.25) is 0 Å². The van der Waals surface area contributed by atoms with Crippen LogP contribution in [-0.4, -0.2) is 55.7 Å². The lowest BCUT2D eigenvalue weighted by molar-refractivity contribution is -0.141. The zero-order valence-corrected chi connectivity index (χ0v) is 12.3. The van der Waals surface area contributed by atoms with E-state index in [9.17, 15) is 14.7 Å². The van der Waals surface area contributed by atoms with E-state index in [-0.39, 0.29) is 11.4 Å². The number of aromatic amines is 1. The van der Waals surface area contributed by atoms with Gasteiger partial charge in [-0.15, -0.1) is 11.8 Å². The van der Waals surface area contributed by atoms with Crippen molar-refractivity contribution in [1.29, 1.82) is 0 Å². The summed E-state index contributed by atoms with van der Waals surface area (Å²) in [5, 5.41) is 12.1. The Morgan fingerprint density at radius 2 is 2.33 bits per heavy atom. The number of carbonyl (C=O) groups is 2. The second-order valence-electron chi connectivity index (χ2n) is 5.34.